The molecule has 1 heterocycles. The summed E-state index contributed by atoms with van der Waals surface area (Å²) in [4.78, 5) is 2.87. The van der Waals surface area contributed by atoms with Gasteiger partial charge in [0.05, 0.1) is 6.61 Å². The number of piperidine rings is 1. The predicted octanol–water partition coefficient (Wildman–Crippen LogP) is 2.92. The van der Waals surface area contributed by atoms with Crippen molar-refractivity contribution < 1.29 is 5.11 Å². The second-order valence-corrected chi connectivity index (χ2v) is 7.71. The molecule has 0 bridgehead atoms. The smallest absolute Gasteiger partial charge is 0.0613 e. The second-order valence-electron chi connectivity index (χ2n) is 7.71. The van der Waals surface area contributed by atoms with Gasteiger partial charge in [0.15, 0.2) is 0 Å². The van der Waals surface area contributed by atoms with Crippen molar-refractivity contribution >= 4 is 0 Å². The zero-order valence-corrected chi connectivity index (χ0v) is 13.8. The van der Waals surface area contributed by atoms with Crippen molar-refractivity contribution in [2.75, 3.05) is 19.7 Å². The summed E-state index contributed by atoms with van der Waals surface area (Å²) in [6.45, 7) is 4.75. The Morgan fingerprint density at radius 2 is 1.90 bits per heavy atom. The molecule has 3 heteroatoms. The lowest BCUT2D eigenvalue weighted by Gasteiger charge is -2.51. The molecule has 1 saturated heterocycles. The fourth-order valence-electron chi connectivity index (χ4n) is 5.47. The summed E-state index contributed by atoms with van der Waals surface area (Å²) in [5, 5.41) is 13.6. The lowest BCUT2D eigenvalue weighted by Crippen LogP contribution is -2.59. The van der Waals surface area contributed by atoms with Crippen LogP contribution in [0.15, 0.2) is 0 Å². The molecule has 0 aromatic carbocycles. The molecule has 0 radical (unpaired) electrons. The maximum atomic E-state index is 9.94. The van der Waals surface area contributed by atoms with Gasteiger partial charge < -0.3 is 10.4 Å². The minimum Gasteiger partial charge on any atom is -0.394 e. The number of nitrogens with one attached hydrogen (secondary N) is 1. The monoisotopic (exact) mass is 294 g/mol. The van der Waals surface area contributed by atoms with Crippen LogP contribution in [-0.4, -0.2) is 47.3 Å². The molecule has 0 aromatic rings. The molecule has 4 atom stereocenters. The number of hydrogen-bond acceptors (Lipinski definition) is 3. The molecular formula is C18H34N2O. The van der Waals surface area contributed by atoms with E-state index < -0.39 is 0 Å². The fraction of sp³-hybridized carbons (Fsp3) is 1.00. The number of likely N-dealkylation sites (N-methyl/N-ethyl adjacent to an activating group) is 1. The summed E-state index contributed by atoms with van der Waals surface area (Å²) in [7, 11) is 0. The Kier molecular flexibility index (Phi) is 5.23. The number of aliphatic hydroxyl groups is 1. The predicted molar refractivity (Wildman–Crippen MR) is 87.4 cm³/mol. The highest BCUT2D eigenvalue weighted by Gasteiger charge is 2.42. The maximum Gasteiger partial charge on any atom is 0.0613 e. The van der Waals surface area contributed by atoms with Crippen molar-refractivity contribution in [1.29, 1.82) is 0 Å². The first-order valence-corrected chi connectivity index (χ1v) is 9.39. The van der Waals surface area contributed by atoms with Crippen molar-refractivity contribution in [3.8, 4) is 0 Å². The highest BCUT2D eigenvalue weighted by molar-refractivity contribution is 4.99. The van der Waals surface area contributed by atoms with Gasteiger partial charge in [-0.25, -0.2) is 0 Å². The van der Waals surface area contributed by atoms with Crippen LogP contribution in [0, 0.1) is 5.92 Å². The van der Waals surface area contributed by atoms with Crippen LogP contribution < -0.4 is 5.32 Å². The largest absolute Gasteiger partial charge is 0.394 e. The summed E-state index contributed by atoms with van der Waals surface area (Å²) in [6, 6.07) is 1.56. The van der Waals surface area contributed by atoms with Gasteiger partial charge in [-0.1, -0.05) is 19.8 Å². The third kappa shape index (κ3) is 3.30. The van der Waals surface area contributed by atoms with Crippen LogP contribution in [0.25, 0.3) is 0 Å². The quantitative estimate of drug-likeness (QED) is 0.837. The van der Waals surface area contributed by atoms with E-state index in [-0.39, 0.29) is 5.54 Å². The zero-order chi connectivity index (χ0) is 14.7. The van der Waals surface area contributed by atoms with E-state index in [1.807, 2.05) is 0 Å². The molecule has 3 nitrogen and oxygen atoms in total. The van der Waals surface area contributed by atoms with E-state index in [1.54, 1.807) is 0 Å². The molecule has 4 unspecified atom stereocenters. The van der Waals surface area contributed by atoms with Crippen LogP contribution in [0.3, 0.4) is 0 Å². The SMILES string of the molecule is CCNC1(CO)CCCC(N2CCCC3CCCCC32)C1. The summed E-state index contributed by atoms with van der Waals surface area (Å²) in [5.74, 6) is 0.970. The number of aliphatic hydroxyl groups excluding tert-OH is 1. The molecule has 2 aliphatic carbocycles. The molecule has 3 aliphatic rings. The molecule has 3 fully saturated rings. The molecule has 122 valence electrons. The van der Waals surface area contributed by atoms with E-state index in [4.69, 9.17) is 0 Å². The van der Waals surface area contributed by atoms with Crippen molar-refractivity contribution in [1.82, 2.24) is 10.2 Å². The Hall–Kier alpha value is -0.120. The average molecular weight is 294 g/mol. The van der Waals surface area contributed by atoms with Crippen LogP contribution >= 0.6 is 0 Å². The number of hydrogen-bond donors (Lipinski definition) is 2. The van der Waals surface area contributed by atoms with E-state index in [9.17, 15) is 5.11 Å². The summed E-state index contributed by atoms with van der Waals surface area (Å²) >= 11 is 0. The highest BCUT2D eigenvalue weighted by atomic mass is 16.3. The lowest BCUT2D eigenvalue weighted by molar-refractivity contribution is -0.0124. The van der Waals surface area contributed by atoms with Crippen molar-refractivity contribution in [2.24, 2.45) is 5.92 Å². The van der Waals surface area contributed by atoms with Gasteiger partial charge in [-0.15, -0.1) is 0 Å². The molecule has 0 aromatic heterocycles. The van der Waals surface area contributed by atoms with Gasteiger partial charge in [0.2, 0.25) is 0 Å². The van der Waals surface area contributed by atoms with E-state index in [2.05, 4.69) is 17.1 Å². The van der Waals surface area contributed by atoms with Crippen LogP contribution in [0.1, 0.15) is 71.1 Å². The van der Waals surface area contributed by atoms with Crippen LogP contribution in [0.5, 0.6) is 0 Å². The topological polar surface area (TPSA) is 35.5 Å². The third-order valence-electron chi connectivity index (χ3n) is 6.43. The van der Waals surface area contributed by atoms with E-state index in [0.29, 0.717) is 12.6 Å². The molecule has 0 amide bonds. The molecular weight excluding hydrogens is 260 g/mol. The van der Waals surface area contributed by atoms with Crippen LogP contribution in [0.4, 0.5) is 0 Å². The molecule has 2 N–H and O–H groups in total. The summed E-state index contributed by atoms with van der Waals surface area (Å²) in [5.41, 5.74) is -0.000717. The van der Waals surface area contributed by atoms with Gasteiger partial charge in [-0.2, -0.15) is 0 Å². The average Bonchev–Trinajstić information content (AvgIpc) is 2.55. The summed E-state index contributed by atoms with van der Waals surface area (Å²) in [6.07, 6.45) is 13.6. The first-order chi connectivity index (χ1) is 10.3. The maximum absolute atomic E-state index is 9.94. The highest BCUT2D eigenvalue weighted by Crippen LogP contribution is 2.40. The van der Waals surface area contributed by atoms with Crippen LogP contribution in [-0.2, 0) is 0 Å². The molecule has 21 heavy (non-hydrogen) atoms. The van der Waals surface area contributed by atoms with Crippen molar-refractivity contribution in [3.05, 3.63) is 0 Å². The fourth-order valence-corrected chi connectivity index (χ4v) is 5.47. The number of fused-ring (bicyclic) bond motifs is 1. The van der Waals surface area contributed by atoms with Crippen molar-refractivity contribution in [2.45, 2.75) is 88.8 Å². The van der Waals surface area contributed by atoms with Crippen LogP contribution in [0.2, 0.25) is 0 Å². The van der Waals surface area contributed by atoms with E-state index in [0.717, 1.165) is 31.3 Å². The molecule has 1 aliphatic heterocycles. The summed E-state index contributed by atoms with van der Waals surface area (Å²) < 4.78 is 0. The van der Waals surface area contributed by atoms with Crippen molar-refractivity contribution in [3.63, 3.8) is 0 Å². The Balaban J connectivity index is 1.69. The van der Waals surface area contributed by atoms with Gasteiger partial charge in [-0.3, -0.25) is 4.90 Å². The first kappa shape index (κ1) is 15.8. The van der Waals surface area contributed by atoms with E-state index >= 15 is 0 Å². The second kappa shape index (κ2) is 6.97. The standard InChI is InChI=1S/C18H34N2O/c1-2-19-18(14-21)11-5-9-16(13-18)20-12-6-8-15-7-3-4-10-17(15)20/h15-17,19,21H,2-14H2,1H3. The number of nitrogens with zero attached hydrogens (tertiary/aromatic N) is 1. The van der Waals surface area contributed by atoms with E-state index in [1.165, 1.54) is 57.9 Å². The zero-order valence-electron chi connectivity index (χ0n) is 13.8. The lowest BCUT2D eigenvalue weighted by atomic mass is 9.74. The Morgan fingerprint density at radius 1 is 1.10 bits per heavy atom. The minimum absolute atomic E-state index is 0.000717. The third-order valence-corrected chi connectivity index (χ3v) is 6.43. The van der Waals surface area contributed by atoms with Gasteiger partial charge in [0.25, 0.3) is 0 Å². The molecule has 2 saturated carbocycles. The number of likely N-dealkylation sites (tertiary alicyclic amines) is 1. The molecule has 0 spiro atoms. The Morgan fingerprint density at radius 3 is 2.71 bits per heavy atom. The Bertz CT molecular complexity index is 329. The molecule has 3 rings (SSSR count). The normalized spacial score (nSPS) is 41.7. The number of rotatable bonds is 4. The van der Waals surface area contributed by atoms with Gasteiger partial charge in [0, 0.05) is 17.6 Å². The van der Waals surface area contributed by atoms with Gasteiger partial charge in [-0.05, 0) is 70.4 Å². The van der Waals surface area contributed by atoms with Gasteiger partial charge in [0.1, 0.15) is 0 Å². The van der Waals surface area contributed by atoms with Gasteiger partial charge >= 0.3 is 0 Å². The minimum atomic E-state index is -0.000717. The Labute approximate surface area is 130 Å². The first-order valence-electron chi connectivity index (χ1n) is 9.39.